The molecule has 1 aromatic rings. The van der Waals surface area contributed by atoms with Crippen LogP contribution < -0.4 is 5.73 Å². The maximum absolute atomic E-state index is 11.5. The van der Waals surface area contributed by atoms with Gasteiger partial charge in [0, 0.05) is 0 Å². The third kappa shape index (κ3) is 4.33. The van der Waals surface area contributed by atoms with Crippen LogP contribution in [0.1, 0.15) is 12.5 Å². The lowest BCUT2D eigenvalue weighted by Crippen LogP contribution is -2.39. The second-order valence-electron chi connectivity index (χ2n) is 4.05. The molecule has 0 fully saturated rings. The summed E-state index contributed by atoms with van der Waals surface area (Å²) in [6.45, 7) is 1.29. The number of rotatable bonds is 5. The molecule has 6 nitrogen and oxygen atoms in total. The molecule has 1 rings (SSSR count). The molecule has 0 heterocycles. The Morgan fingerprint density at radius 2 is 2.11 bits per heavy atom. The summed E-state index contributed by atoms with van der Waals surface area (Å²) in [6.07, 6.45) is -2.60. The van der Waals surface area contributed by atoms with E-state index < -0.39 is 24.4 Å². The number of hydrogen-bond acceptors (Lipinski definition) is 6. The van der Waals surface area contributed by atoms with E-state index in [0.717, 1.165) is 0 Å². The van der Waals surface area contributed by atoms with Gasteiger partial charge in [-0.2, -0.15) is 0 Å². The van der Waals surface area contributed by atoms with Crippen LogP contribution in [0.3, 0.4) is 0 Å². The number of nitrogens with two attached hydrogens (primary N) is 1. The van der Waals surface area contributed by atoms with Gasteiger partial charge in [-0.1, -0.05) is 12.1 Å². The van der Waals surface area contributed by atoms with Crippen molar-refractivity contribution < 1.29 is 24.9 Å². The minimum absolute atomic E-state index is 0.0806. The average Bonchev–Trinajstić information content (AvgIpc) is 2.28. The molecule has 5 N–H and O–H groups in total. The van der Waals surface area contributed by atoms with E-state index in [1.165, 1.54) is 19.1 Å². The van der Waals surface area contributed by atoms with Gasteiger partial charge in [-0.25, -0.2) is 0 Å². The second kappa shape index (κ2) is 6.34. The van der Waals surface area contributed by atoms with Gasteiger partial charge in [0.2, 0.25) is 6.29 Å². The highest BCUT2D eigenvalue weighted by molar-refractivity contribution is 5.76. The lowest BCUT2D eigenvalue weighted by molar-refractivity contribution is -0.185. The van der Waals surface area contributed by atoms with Crippen LogP contribution in [0.15, 0.2) is 24.3 Å². The summed E-state index contributed by atoms with van der Waals surface area (Å²) in [5.74, 6) is -0.733. The molecule has 6 heteroatoms. The fraction of sp³-hybridized carbons (Fsp3) is 0.417. The standard InChI is InChI=1S/C12H17NO5/c1-7(14)11(16)18-12(17)10(13)6-8-3-2-4-9(15)5-8/h2-5,7,10-11,14-16H,6,13H2,1H3. The highest BCUT2D eigenvalue weighted by atomic mass is 16.6. The van der Waals surface area contributed by atoms with E-state index in [4.69, 9.17) is 15.9 Å². The Labute approximate surface area is 105 Å². The SMILES string of the molecule is CC(O)C(O)OC(=O)C(N)Cc1cccc(O)c1. The maximum atomic E-state index is 11.5. The van der Waals surface area contributed by atoms with E-state index in [1.807, 2.05) is 0 Å². The molecule has 0 bridgehead atoms. The molecule has 0 aliphatic rings. The van der Waals surface area contributed by atoms with Gasteiger partial charge in [0.25, 0.3) is 0 Å². The zero-order valence-corrected chi connectivity index (χ0v) is 9.98. The molecular weight excluding hydrogens is 238 g/mol. The monoisotopic (exact) mass is 255 g/mol. The molecule has 18 heavy (non-hydrogen) atoms. The van der Waals surface area contributed by atoms with Gasteiger partial charge in [-0.3, -0.25) is 4.79 Å². The number of aromatic hydroxyl groups is 1. The summed E-state index contributed by atoms with van der Waals surface area (Å²) >= 11 is 0. The van der Waals surface area contributed by atoms with Gasteiger partial charge in [0.1, 0.15) is 17.9 Å². The molecule has 100 valence electrons. The van der Waals surface area contributed by atoms with Crippen LogP contribution in [-0.4, -0.2) is 39.7 Å². The number of ether oxygens (including phenoxy) is 1. The van der Waals surface area contributed by atoms with Crippen molar-refractivity contribution >= 4 is 5.97 Å². The largest absolute Gasteiger partial charge is 0.508 e. The number of carbonyl (C=O) groups excluding carboxylic acids is 1. The van der Waals surface area contributed by atoms with Crippen LogP contribution in [0.2, 0.25) is 0 Å². The van der Waals surface area contributed by atoms with Crippen molar-refractivity contribution in [3.05, 3.63) is 29.8 Å². The first kappa shape index (κ1) is 14.4. The first-order valence-electron chi connectivity index (χ1n) is 5.50. The van der Waals surface area contributed by atoms with Crippen molar-refractivity contribution in [1.29, 1.82) is 0 Å². The number of hydrogen-bond donors (Lipinski definition) is 4. The molecule has 0 aromatic heterocycles. The zero-order chi connectivity index (χ0) is 13.7. The molecule has 1 aromatic carbocycles. The summed E-state index contributed by atoms with van der Waals surface area (Å²) in [4.78, 5) is 11.5. The molecule has 0 saturated heterocycles. The van der Waals surface area contributed by atoms with Gasteiger partial charge in [-0.05, 0) is 31.0 Å². The summed E-state index contributed by atoms with van der Waals surface area (Å²) in [5.41, 5.74) is 6.27. The van der Waals surface area contributed by atoms with Crippen LogP contribution >= 0.6 is 0 Å². The number of carbonyl (C=O) groups is 1. The van der Waals surface area contributed by atoms with Crippen molar-refractivity contribution in [3.8, 4) is 5.75 Å². The van der Waals surface area contributed by atoms with E-state index >= 15 is 0 Å². The Morgan fingerprint density at radius 3 is 2.67 bits per heavy atom. The van der Waals surface area contributed by atoms with E-state index in [0.29, 0.717) is 5.56 Å². The fourth-order valence-electron chi connectivity index (χ4n) is 1.33. The zero-order valence-electron chi connectivity index (χ0n) is 9.98. The van der Waals surface area contributed by atoms with Gasteiger partial charge < -0.3 is 25.8 Å². The van der Waals surface area contributed by atoms with Gasteiger partial charge in [0.15, 0.2) is 0 Å². The predicted octanol–water partition coefficient (Wildman–Crippen LogP) is -0.496. The van der Waals surface area contributed by atoms with Gasteiger partial charge >= 0.3 is 5.97 Å². The number of esters is 1. The number of phenols is 1. The molecule has 0 radical (unpaired) electrons. The third-order valence-electron chi connectivity index (χ3n) is 2.32. The summed E-state index contributed by atoms with van der Waals surface area (Å²) in [5, 5.41) is 27.4. The summed E-state index contributed by atoms with van der Waals surface area (Å²) < 4.78 is 4.56. The molecule has 0 spiro atoms. The Bertz CT molecular complexity index is 407. The Balaban J connectivity index is 2.55. The Hall–Kier alpha value is -1.63. The predicted molar refractivity (Wildman–Crippen MR) is 63.6 cm³/mol. The molecule has 0 aliphatic heterocycles. The minimum Gasteiger partial charge on any atom is -0.508 e. The Kier molecular flexibility index (Phi) is 5.08. The molecule has 0 saturated carbocycles. The van der Waals surface area contributed by atoms with Crippen molar-refractivity contribution in [2.45, 2.75) is 31.8 Å². The molecule has 3 atom stereocenters. The van der Waals surface area contributed by atoms with E-state index in [-0.39, 0.29) is 12.2 Å². The molecule has 0 amide bonds. The first-order valence-corrected chi connectivity index (χ1v) is 5.50. The summed E-state index contributed by atoms with van der Waals surface area (Å²) in [6, 6.07) is 5.36. The molecular formula is C12H17NO5. The number of aliphatic hydroxyl groups excluding tert-OH is 2. The average molecular weight is 255 g/mol. The highest BCUT2D eigenvalue weighted by Crippen LogP contribution is 2.12. The topological polar surface area (TPSA) is 113 Å². The first-order chi connectivity index (χ1) is 8.40. The fourth-order valence-corrected chi connectivity index (χ4v) is 1.33. The van der Waals surface area contributed by atoms with Crippen LogP contribution in [-0.2, 0) is 16.0 Å². The lowest BCUT2D eigenvalue weighted by atomic mass is 10.1. The Morgan fingerprint density at radius 1 is 1.44 bits per heavy atom. The number of benzene rings is 1. The highest BCUT2D eigenvalue weighted by Gasteiger charge is 2.21. The van der Waals surface area contributed by atoms with Crippen LogP contribution in [0, 0.1) is 0 Å². The van der Waals surface area contributed by atoms with Crippen LogP contribution in [0.5, 0.6) is 5.75 Å². The van der Waals surface area contributed by atoms with E-state index in [9.17, 15) is 9.90 Å². The lowest BCUT2D eigenvalue weighted by Gasteiger charge is -2.17. The van der Waals surface area contributed by atoms with Crippen LogP contribution in [0.25, 0.3) is 0 Å². The smallest absolute Gasteiger partial charge is 0.325 e. The summed E-state index contributed by atoms with van der Waals surface area (Å²) in [7, 11) is 0. The maximum Gasteiger partial charge on any atom is 0.325 e. The minimum atomic E-state index is -1.59. The number of phenolic OH excluding ortho intramolecular Hbond substituents is 1. The normalized spacial score (nSPS) is 15.8. The molecule has 0 aliphatic carbocycles. The third-order valence-corrected chi connectivity index (χ3v) is 2.32. The van der Waals surface area contributed by atoms with Crippen molar-refractivity contribution in [2.24, 2.45) is 5.73 Å². The van der Waals surface area contributed by atoms with Crippen molar-refractivity contribution in [2.75, 3.05) is 0 Å². The van der Waals surface area contributed by atoms with E-state index in [2.05, 4.69) is 4.74 Å². The number of aliphatic hydroxyl groups is 2. The van der Waals surface area contributed by atoms with Crippen LogP contribution in [0.4, 0.5) is 0 Å². The van der Waals surface area contributed by atoms with Gasteiger partial charge in [0.05, 0.1) is 0 Å². The van der Waals surface area contributed by atoms with Gasteiger partial charge in [-0.15, -0.1) is 0 Å². The molecule has 3 unspecified atom stereocenters. The van der Waals surface area contributed by atoms with Crippen molar-refractivity contribution in [3.63, 3.8) is 0 Å². The van der Waals surface area contributed by atoms with E-state index in [1.54, 1.807) is 12.1 Å². The second-order valence-corrected chi connectivity index (χ2v) is 4.05. The van der Waals surface area contributed by atoms with Crippen molar-refractivity contribution in [1.82, 2.24) is 0 Å². The quantitative estimate of drug-likeness (QED) is 0.417.